The van der Waals surface area contributed by atoms with E-state index in [1.54, 1.807) is 43.1 Å². The number of hydrogen-bond donors (Lipinski definition) is 0. The predicted octanol–water partition coefficient (Wildman–Crippen LogP) is 3.86. The Bertz CT molecular complexity index is 708. The summed E-state index contributed by atoms with van der Waals surface area (Å²) < 4.78 is 5.14. The van der Waals surface area contributed by atoms with Gasteiger partial charge in [-0.05, 0) is 55.0 Å². The lowest BCUT2D eigenvalue weighted by molar-refractivity contribution is 0.0652. The molecule has 2 aromatic carbocycles. The lowest BCUT2D eigenvalue weighted by Crippen LogP contribution is -2.30. The highest BCUT2D eigenvalue weighted by Crippen LogP contribution is 2.24. The van der Waals surface area contributed by atoms with Crippen molar-refractivity contribution in [3.8, 4) is 5.75 Å². The van der Waals surface area contributed by atoms with E-state index in [1.165, 1.54) is 9.80 Å². The van der Waals surface area contributed by atoms with Crippen molar-refractivity contribution in [3.63, 3.8) is 0 Å². The van der Waals surface area contributed by atoms with E-state index in [0.29, 0.717) is 17.7 Å². The van der Waals surface area contributed by atoms with Crippen molar-refractivity contribution in [1.82, 2.24) is 4.90 Å². The number of thioether (sulfide) groups is 1. The van der Waals surface area contributed by atoms with Gasteiger partial charge >= 0.3 is 0 Å². The zero-order chi connectivity index (χ0) is 16.9. The van der Waals surface area contributed by atoms with Crippen molar-refractivity contribution in [1.29, 1.82) is 0 Å². The number of imide groups is 1. The fourth-order valence-corrected chi connectivity index (χ4v) is 3.59. The topological polar surface area (TPSA) is 46.6 Å². The quantitative estimate of drug-likeness (QED) is 0.436. The van der Waals surface area contributed by atoms with Crippen molar-refractivity contribution < 1.29 is 14.3 Å². The number of hydrogen-bond acceptors (Lipinski definition) is 4. The number of carbonyl (C=O) groups excluding carboxylic acids is 2. The molecule has 1 aliphatic heterocycles. The van der Waals surface area contributed by atoms with Crippen molar-refractivity contribution in [2.75, 3.05) is 19.4 Å². The number of fused-ring (bicyclic) bond motifs is 1. The summed E-state index contributed by atoms with van der Waals surface area (Å²) in [7, 11) is 1.65. The summed E-state index contributed by atoms with van der Waals surface area (Å²) in [4.78, 5) is 27.0. The van der Waals surface area contributed by atoms with E-state index in [2.05, 4.69) is 0 Å². The number of amides is 2. The third kappa shape index (κ3) is 3.46. The first-order valence-electron chi connectivity index (χ1n) is 7.93. The Labute approximate surface area is 145 Å². The summed E-state index contributed by atoms with van der Waals surface area (Å²) in [6, 6.07) is 15.0. The highest BCUT2D eigenvalue weighted by molar-refractivity contribution is 7.99. The molecule has 0 bridgehead atoms. The van der Waals surface area contributed by atoms with E-state index in [9.17, 15) is 9.59 Å². The molecule has 2 aromatic rings. The highest BCUT2D eigenvalue weighted by atomic mass is 32.2. The van der Waals surface area contributed by atoms with Crippen LogP contribution in [0.2, 0.25) is 0 Å². The number of rotatable bonds is 7. The van der Waals surface area contributed by atoms with E-state index in [1.807, 2.05) is 24.3 Å². The van der Waals surface area contributed by atoms with E-state index >= 15 is 0 Å². The first-order chi connectivity index (χ1) is 11.7. The molecule has 4 nitrogen and oxygen atoms in total. The monoisotopic (exact) mass is 341 g/mol. The molecule has 0 unspecified atom stereocenters. The predicted molar refractivity (Wildman–Crippen MR) is 94.8 cm³/mol. The number of ether oxygens (including phenoxy) is 1. The molecule has 0 atom stereocenters. The van der Waals surface area contributed by atoms with Crippen LogP contribution in [0.1, 0.15) is 33.6 Å². The number of carbonyl (C=O) groups is 2. The van der Waals surface area contributed by atoms with Gasteiger partial charge in [0.2, 0.25) is 0 Å². The van der Waals surface area contributed by atoms with Crippen LogP contribution in [0.15, 0.2) is 53.4 Å². The molecule has 0 aliphatic carbocycles. The third-order valence-corrected chi connectivity index (χ3v) is 5.08. The normalized spacial score (nSPS) is 13.3. The average molecular weight is 341 g/mol. The second-order valence-corrected chi connectivity index (χ2v) is 6.71. The molecular weight excluding hydrogens is 322 g/mol. The Morgan fingerprint density at radius 1 is 0.917 bits per heavy atom. The standard InChI is InChI=1S/C19H19NO3S/c1-23-14-8-10-15(11-9-14)24-13-5-4-12-20-18(21)16-6-2-3-7-17(16)19(20)22/h2-3,6-11H,4-5,12-13H2,1H3. The first kappa shape index (κ1) is 16.6. The van der Waals surface area contributed by atoms with Crippen molar-refractivity contribution in [2.45, 2.75) is 17.7 Å². The van der Waals surface area contributed by atoms with E-state index in [0.717, 1.165) is 24.3 Å². The maximum absolute atomic E-state index is 12.2. The summed E-state index contributed by atoms with van der Waals surface area (Å²) in [5.41, 5.74) is 1.05. The maximum atomic E-state index is 12.2. The lowest BCUT2D eigenvalue weighted by atomic mass is 10.1. The molecule has 2 amide bonds. The van der Waals surface area contributed by atoms with Crippen LogP contribution in [0, 0.1) is 0 Å². The van der Waals surface area contributed by atoms with Gasteiger partial charge in [-0.3, -0.25) is 14.5 Å². The van der Waals surface area contributed by atoms with Gasteiger partial charge in [-0.2, -0.15) is 0 Å². The molecule has 3 rings (SSSR count). The molecular formula is C19H19NO3S. The summed E-state index contributed by atoms with van der Waals surface area (Å²) >= 11 is 1.77. The van der Waals surface area contributed by atoms with Crippen LogP contribution in [0.5, 0.6) is 5.75 Å². The van der Waals surface area contributed by atoms with Crippen molar-refractivity contribution in [2.24, 2.45) is 0 Å². The first-order valence-corrected chi connectivity index (χ1v) is 8.91. The Morgan fingerprint density at radius 3 is 2.12 bits per heavy atom. The van der Waals surface area contributed by atoms with Gasteiger partial charge in [-0.25, -0.2) is 0 Å². The molecule has 1 aliphatic rings. The number of nitrogens with zero attached hydrogens (tertiary/aromatic N) is 1. The van der Waals surface area contributed by atoms with E-state index < -0.39 is 0 Å². The Morgan fingerprint density at radius 2 is 1.54 bits per heavy atom. The molecule has 124 valence electrons. The minimum atomic E-state index is -0.168. The summed E-state index contributed by atoms with van der Waals surface area (Å²) in [5, 5.41) is 0. The molecule has 5 heteroatoms. The van der Waals surface area contributed by atoms with Crippen LogP contribution in [-0.4, -0.2) is 36.1 Å². The molecule has 0 spiro atoms. The van der Waals surface area contributed by atoms with Crippen LogP contribution >= 0.6 is 11.8 Å². The van der Waals surface area contributed by atoms with Gasteiger partial charge in [0.25, 0.3) is 11.8 Å². The molecule has 0 saturated heterocycles. The number of unbranched alkanes of at least 4 members (excludes halogenated alkanes) is 1. The highest BCUT2D eigenvalue weighted by Gasteiger charge is 2.34. The Kier molecular flexibility index (Phi) is 5.20. The zero-order valence-corrected chi connectivity index (χ0v) is 14.3. The minimum Gasteiger partial charge on any atom is -0.497 e. The van der Waals surface area contributed by atoms with Gasteiger partial charge in [-0.1, -0.05) is 12.1 Å². The second-order valence-electron chi connectivity index (χ2n) is 5.54. The van der Waals surface area contributed by atoms with Gasteiger partial charge in [0, 0.05) is 11.4 Å². The van der Waals surface area contributed by atoms with Crippen LogP contribution < -0.4 is 4.74 Å². The van der Waals surface area contributed by atoms with Gasteiger partial charge in [-0.15, -0.1) is 11.8 Å². The fraction of sp³-hybridized carbons (Fsp3) is 0.263. The zero-order valence-electron chi connectivity index (χ0n) is 13.5. The average Bonchev–Trinajstić information content (AvgIpc) is 2.87. The fourth-order valence-electron chi connectivity index (χ4n) is 2.68. The van der Waals surface area contributed by atoms with Gasteiger partial charge < -0.3 is 4.74 Å². The van der Waals surface area contributed by atoms with Gasteiger partial charge in [0.15, 0.2) is 0 Å². The number of benzene rings is 2. The molecule has 1 heterocycles. The minimum absolute atomic E-state index is 0.168. The Balaban J connectivity index is 1.44. The van der Waals surface area contributed by atoms with E-state index in [-0.39, 0.29) is 11.8 Å². The molecule has 0 saturated carbocycles. The number of methoxy groups -OCH3 is 1. The Hall–Kier alpha value is -2.27. The van der Waals surface area contributed by atoms with Crippen molar-refractivity contribution >= 4 is 23.6 Å². The van der Waals surface area contributed by atoms with Crippen LogP contribution in [0.3, 0.4) is 0 Å². The summed E-state index contributed by atoms with van der Waals surface area (Å²) in [5.74, 6) is 1.47. The molecule has 24 heavy (non-hydrogen) atoms. The van der Waals surface area contributed by atoms with Gasteiger partial charge in [0.1, 0.15) is 5.75 Å². The SMILES string of the molecule is COc1ccc(SCCCCN2C(=O)c3ccccc3C2=O)cc1. The molecule has 0 radical (unpaired) electrons. The molecule has 0 N–H and O–H groups in total. The molecule has 0 aromatic heterocycles. The van der Waals surface area contributed by atoms with Crippen molar-refractivity contribution in [3.05, 3.63) is 59.7 Å². The second kappa shape index (κ2) is 7.53. The molecule has 0 fully saturated rings. The van der Waals surface area contributed by atoms with E-state index in [4.69, 9.17) is 4.74 Å². The smallest absolute Gasteiger partial charge is 0.261 e. The van der Waals surface area contributed by atoms with Crippen LogP contribution in [-0.2, 0) is 0 Å². The third-order valence-electron chi connectivity index (χ3n) is 3.98. The summed E-state index contributed by atoms with van der Waals surface area (Å²) in [6.45, 7) is 0.482. The van der Waals surface area contributed by atoms with Gasteiger partial charge in [0.05, 0.1) is 18.2 Å². The van der Waals surface area contributed by atoms with Crippen LogP contribution in [0.4, 0.5) is 0 Å². The summed E-state index contributed by atoms with van der Waals surface area (Å²) in [6.07, 6.45) is 1.76. The van der Waals surface area contributed by atoms with Crippen LogP contribution in [0.25, 0.3) is 0 Å². The maximum Gasteiger partial charge on any atom is 0.261 e. The largest absolute Gasteiger partial charge is 0.497 e. The lowest BCUT2D eigenvalue weighted by Gasteiger charge is -2.13.